The van der Waals surface area contributed by atoms with Crippen molar-refractivity contribution >= 4 is 41.0 Å². The molecule has 4 amide bonds. The molecule has 68 heavy (non-hydrogen) atoms. The molecule has 0 unspecified atom stereocenters. The van der Waals surface area contributed by atoms with Gasteiger partial charge in [-0.2, -0.15) is 13.2 Å². The fourth-order valence-electron chi connectivity index (χ4n) is 8.70. The lowest BCUT2D eigenvalue weighted by Gasteiger charge is -2.32. The lowest BCUT2D eigenvalue weighted by atomic mass is 10.0. The van der Waals surface area contributed by atoms with Crippen molar-refractivity contribution in [2.24, 2.45) is 5.92 Å². The summed E-state index contributed by atoms with van der Waals surface area (Å²) in [5, 5.41) is 2.67. The molecule has 0 aliphatic carbocycles. The molecule has 17 nitrogen and oxygen atoms in total. The number of hydrogen-bond donors (Lipinski definition) is 3. The number of alkyl halides is 3. The van der Waals surface area contributed by atoms with E-state index in [9.17, 15) is 37.1 Å². The lowest BCUT2D eigenvalue weighted by molar-refractivity contribution is -0.194. The van der Waals surface area contributed by atoms with Crippen LogP contribution < -0.4 is 5.32 Å². The van der Waals surface area contributed by atoms with E-state index in [1.165, 1.54) is 7.11 Å². The Kier molecular flexibility index (Phi) is 13.6. The number of carbonyl (C=O) groups excluding carboxylic acids is 5. The number of nitrogens with zero attached hydrogens (tertiary/aromatic N) is 7. The molecule has 354 valence electrons. The minimum Gasteiger partial charge on any atom is -0.453 e. The molecular weight excluding hydrogens is 886 g/mol. The largest absolute Gasteiger partial charge is 0.491 e. The van der Waals surface area contributed by atoms with Gasteiger partial charge in [0.05, 0.1) is 59.7 Å². The van der Waals surface area contributed by atoms with E-state index in [1.54, 1.807) is 52.5 Å². The number of amides is 4. The number of hydrogen-bond acceptors (Lipinski definition) is 11. The molecule has 2 fully saturated rings. The maximum Gasteiger partial charge on any atom is 0.491 e. The number of methoxy groups -OCH3 is 1. The second-order valence-electron chi connectivity index (χ2n) is 17.1. The van der Waals surface area contributed by atoms with Crippen molar-refractivity contribution < 1.29 is 46.6 Å². The van der Waals surface area contributed by atoms with Crippen LogP contribution in [0.25, 0.3) is 44.8 Å². The summed E-state index contributed by atoms with van der Waals surface area (Å²) in [6.07, 6.45) is 0.145. The van der Waals surface area contributed by atoms with Gasteiger partial charge in [0.15, 0.2) is 0 Å². The average Bonchev–Trinajstić information content (AvgIpc) is 4.19. The predicted octanol–water partition coefficient (Wildman–Crippen LogP) is 7.55. The van der Waals surface area contributed by atoms with E-state index in [1.807, 2.05) is 62.5 Å². The van der Waals surface area contributed by atoms with Crippen LogP contribution in [-0.4, -0.2) is 120 Å². The second kappa shape index (κ2) is 19.7. The zero-order valence-corrected chi connectivity index (χ0v) is 37.6. The molecule has 0 saturated carbocycles. The molecule has 3 aromatic carbocycles. The fourth-order valence-corrected chi connectivity index (χ4v) is 8.70. The van der Waals surface area contributed by atoms with Crippen molar-refractivity contribution in [2.45, 2.75) is 76.3 Å². The summed E-state index contributed by atoms with van der Waals surface area (Å²) < 4.78 is 47.7. The Morgan fingerprint density at radius 3 is 2.12 bits per heavy atom. The summed E-state index contributed by atoms with van der Waals surface area (Å²) in [6, 6.07) is 19.2. The Hall–Kier alpha value is -7.64. The first kappa shape index (κ1) is 46.9. The summed E-state index contributed by atoms with van der Waals surface area (Å²) in [7, 11) is 2.39. The molecule has 0 radical (unpaired) electrons. The molecule has 6 aromatic rings. The van der Waals surface area contributed by atoms with Crippen LogP contribution >= 0.6 is 0 Å². The van der Waals surface area contributed by atoms with E-state index in [-0.39, 0.29) is 24.3 Å². The molecular formula is C48H49F3N10O7. The zero-order chi connectivity index (χ0) is 48.3. The SMILES string of the molecule is COC(=O)N[C@H](C(=O)N1CCC[C@H]1c1nc(-c2ccc(-c3cnc4cc(-c5cnc([C@@H]6CCCN6C(=O)[C@H](Cc6ccccc6)N(C)C(=O)OC(=O)C(F)(F)F)[nH]5)ccc4n3)cc2)c[nH]1)C(C)C. The summed E-state index contributed by atoms with van der Waals surface area (Å²) in [4.78, 5) is 93.8. The van der Waals surface area contributed by atoms with Crippen molar-refractivity contribution in [3.05, 3.63) is 109 Å². The van der Waals surface area contributed by atoms with Gasteiger partial charge in [-0.3, -0.25) is 19.5 Å². The molecule has 5 heterocycles. The van der Waals surface area contributed by atoms with Gasteiger partial charge in [0.1, 0.15) is 23.7 Å². The van der Waals surface area contributed by atoms with Crippen molar-refractivity contribution in [3.8, 4) is 33.8 Å². The summed E-state index contributed by atoms with van der Waals surface area (Å²) in [5.41, 5.74) is 6.42. The molecule has 8 rings (SSSR count). The molecule has 2 aliphatic heterocycles. The molecule has 4 atom stereocenters. The number of halogens is 3. The number of likely N-dealkylation sites (tertiary alicyclic amines) is 2. The Labute approximate surface area is 388 Å². The van der Waals surface area contributed by atoms with Crippen molar-refractivity contribution in [3.63, 3.8) is 0 Å². The molecule has 0 bridgehead atoms. The number of aromatic amines is 2. The van der Waals surface area contributed by atoms with Gasteiger partial charge in [-0.05, 0) is 49.3 Å². The van der Waals surface area contributed by atoms with Crippen LogP contribution in [0.2, 0.25) is 0 Å². The number of H-pyrrole nitrogens is 2. The van der Waals surface area contributed by atoms with Gasteiger partial charge < -0.3 is 34.6 Å². The van der Waals surface area contributed by atoms with Crippen LogP contribution in [0.3, 0.4) is 0 Å². The molecule has 2 aliphatic rings. The minimum absolute atomic E-state index is 0.0412. The van der Waals surface area contributed by atoms with Crippen LogP contribution in [-0.2, 0) is 30.3 Å². The first-order chi connectivity index (χ1) is 32.6. The highest BCUT2D eigenvalue weighted by atomic mass is 19.4. The smallest absolute Gasteiger partial charge is 0.453 e. The van der Waals surface area contributed by atoms with Crippen LogP contribution in [0.5, 0.6) is 0 Å². The Morgan fingerprint density at radius 2 is 1.46 bits per heavy atom. The molecule has 3 aromatic heterocycles. The van der Waals surface area contributed by atoms with Crippen molar-refractivity contribution in [1.29, 1.82) is 0 Å². The monoisotopic (exact) mass is 934 g/mol. The number of carbonyl (C=O) groups is 5. The van der Waals surface area contributed by atoms with Gasteiger partial charge in [-0.1, -0.05) is 74.5 Å². The highest BCUT2D eigenvalue weighted by Gasteiger charge is 2.45. The summed E-state index contributed by atoms with van der Waals surface area (Å²) >= 11 is 0. The Bertz CT molecular complexity index is 2820. The summed E-state index contributed by atoms with van der Waals surface area (Å²) in [5.74, 6) is -2.38. The number of alkyl carbamates (subject to hydrolysis) is 1. The number of rotatable bonds is 12. The number of esters is 1. The topological polar surface area (TPSA) is 209 Å². The van der Waals surface area contributed by atoms with Crippen LogP contribution in [0, 0.1) is 5.92 Å². The molecule has 2 saturated heterocycles. The number of aromatic nitrogens is 6. The number of imidazole rings is 2. The number of nitrogens with one attached hydrogen (secondary N) is 3. The van der Waals surface area contributed by atoms with E-state index >= 15 is 0 Å². The van der Waals surface area contributed by atoms with Crippen molar-refractivity contribution in [2.75, 3.05) is 27.2 Å². The Morgan fingerprint density at radius 1 is 0.809 bits per heavy atom. The van der Waals surface area contributed by atoms with Crippen LogP contribution in [0.1, 0.15) is 68.8 Å². The van der Waals surface area contributed by atoms with Gasteiger partial charge in [-0.25, -0.2) is 29.3 Å². The lowest BCUT2D eigenvalue weighted by Crippen LogP contribution is -2.51. The summed E-state index contributed by atoms with van der Waals surface area (Å²) in [6.45, 7) is 4.60. The van der Waals surface area contributed by atoms with Crippen LogP contribution in [0.15, 0.2) is 91.4 Å². The van der Waals surface area contributed by atoms with Gasteiger partial charge in [0, 0.05) is 49.4 Å². The maximum absolute atomic E-state index is 14.2. The van der Waals surface area contributed by atoms with Gasteiger partial charge in [-0.15, -0.1) is 0 Å². The quantitative estimate of drug-likeness (QED) is 0.0806. The molecule has 3 N–H and O–H groups in total. The fraction of sp³-hybridized carbons (Fsp3) is 0.354. The van der Waals surface area contributed by atoms with E-state index < -0.39 is 48.4 Å². The predicted molar refractivity (Wildman–Crippen MR) is 241 cm³/mol. The second-order valence-corrected chi connectivity index (χ2v) is 17.1. The number of ether oxygens (including phenoxy) is 2. The zero-order valence-electron chi connectivity index (χ0n) is 37.6. The highest BCUT2D eigenvalue weighted by molar-refractivity contribution is 5.91. The first-order valence-electron chi connectivity index (χ1n) is 22.1. The van der Waals surface area contributed by atoms with Crippen LogP contribution in [0.4, 0.5) is 22.8 Å². The highest BCUT2D eigenvalue weighted by Crippen LogP contribution is 2.35. The van der Waals surface area contributed by atoms with Gasteiger partial charge >= 0.3 is 24.3 Å². The number of likely N-dealkylation sites (N-methyl/N-ethyl adjacent to an activating group) is 1. The first-order valence-corrected chi connectivity index (χ1v) is 22.1. The third-order valence-electron chi connectivity index (χ3n) is 12.3. The third kappa shape index (κ3) is 10.0. The number of benzene rings is 3. The van der Waals surface area contributed by atoms with E-state index in [4.69, 9.17) is 19.7 Å². The molecule has 0 spiro atoms. The van der Waals surface area contributed by atoms with E-state index in [0.717, 1.165) is 41.5 Å². The molecule has 20 heteroatoms. The van der Waals surface area contributed by atoms with Gasteiger partial charge in [0.25, 0.3) is 0 Å². The minimum atomic E-state index is -5.39. The Balaban J connectivity index is 0.943. The van der Waals surface area contributed by atoms with Crippen molar-refractivity contribution in [1.82, 2.24) is 49.9 Å². The van der Waals surface area contributed by atoms with Gasteiger partial charge in [0.2, 0.25) is 11.8 Å². The number of fused-ring (bicyclic) bond motifs is 1. The standard InChI is InChI=1S/C48H49F3N10O7/c1-27(2)40(58-46(65)67-4)44(63)61-21-9-13-38(61)42-53-25-35(56-42)30-16-14-29(15-17-30)34-24-52-33-23-31(18-19-32(33)55-34)36-26-54-41(57-36)37-12-8-20-60(37)43(62)39(22-28-10-6-5-7-11-28)59(3)47(66)68-45(64)48(49,50)51/h5-7,10-11,14-19,23-27,37-40H,8-9,12-13,20-22H2,1-4H3,(H,53,56)(H,54,57)(H,58,65)/t37-,38-,39-,40-/m0/s1. The maximum atomic E-state index is 14.2. The average molecular weight is 935 g/mol. The third-order valence-corrected chi connectivity index (χ3v) is 12.3. The van der Waals surface area contributed by atoms with E-state index in [0.29, 0.717) is 71.3 Å². The van der Waals surface area contributed by atoms with E-state index in [2.05, 4.69) is 25.0 Å². The normalized spacial score (nSPS) is 17.0.